The van der Waals surface area contributed by atoms with E-state index in [0.717, 1.165) is 0 Å². The lowest BCUT2D eigenvalue weighted by Crippen LogP contribution is -2.45. The zero-order valence-corrected chi connectivity index (χ0v) is 21.3. The van der Waals surface area contributed by atoms with Gasteiger partial charge in [0, 0.05) is 28.4 Å². The van der Waals surface area contributed by atoms with Crippen molar-refractivity contribution in [2.45, 2.75) is 19.9 Å². The summed E-state index contributed by atoms with van der Waals surface area (Å²) in [4.78, 5) is 47.1. The number of esters is 1. The molecule has 0 saturated heterocycles. The first-order valence-corrected chi connectivity index (χ1v) is 11.5. The molecule has 0 bridgehead atoms. The number of nitrogens with one attached hydrogen (secondary N) is 3. The van der Waals surface area contributed by atoms with Crippen molar-refractivity contribution in [2.75, 3.05) is 20.3 Å². The summed E-state index contributed by atoms with van der Waals surface area (Å²) in [6.45, 7) is 3.00. The number of ether oxygens (including phenoxy) is 3. The summed E-state index contributed by atoms with van der Waals surface area (Å²) in [5.41, 5.74) is 3.44. The Bertz CT molecular complexity index is 1330. The highest BCUT2D eigenvalue weighted by atomic mass is 35.5. The van der Waals surface area contributed by atoms with Gasteiger partial charge in [-0.25, -0.2) is 15.0 Å². The van der Waals surface area contributed by atoms with Gasteiger partial charge in [0.25, 0.3) is 11.6 Å². The van der Waals surface area contributed by atoms with Crippen LogP contribution in [0.3, 0.4) is 0 Å². The molecule has 200 valence electrons. The topological polar surface area (TPSA) is 170 Å². The molecule has 1 aliphatic heterocycles. The number of hydrogen-bond acceptors (Lipinski definition) is 9. The lowest BCUT2D eigenvalue weighted by atomic mass is 9.95. The van der Waals surface area contributed by atoms with Crippen LogP contribution in [0, 0.1) is 10.1 Å². The van der Waals surface area contributed by atoms with Crippen molar-refractivity contribution in [1.82, 2.24) is 16.1 Å². The molecule has 2 aromatic carbocycles. The molecule has 38 heavy (non-hydrogen) atoms. The quantitative estimate of drug-likeness (QED) is 0.177. The first kappa shape index (κ1) is 27.9. The minimum absolute atomic E-state index is 0.163. The Kier molecular flexibility index (Phi) is 9.22. The molecular formula is C24H24ClN5O8. The van der Waals surface area contributed by atoms with Gasteiger partial charge >= 0.3 is 12.0 Å². The van der Waals surface area contributed by atoms with Crippen molar-refractivity contribution in [3.05, 3.63) is 73.9 Å². The van der Waals surface area contributed by atoms with Crippen LogP contribution in [0.5, 0.6) is 11.5 Å². The maximum Gasteiger partial charge on any atom is 0.338 e. The van der Waals surface area contributed by atoms with E-state index in [1.54, 1.807) is 26.0 Å². The van der Waals surface area contributed by atoms with E-state index in [-0.39, 0.29) is 40.0 Å². The van der Waals surface area contributed by atoms with Crippen LogP contribution in [-0.2, 0) is 14.3 Å². The van der Waals surface area contributed by atoms with Crippen LogP contribution < -0.4 is 25.5 Å². The number of non-ortho nitro benzene ring substituents is 1. The van der Waals surface area contributed by atoms with Crippen LogP contribution in [0.25, 0.3) is 0 Å². The van der Waals surface area contributed by atoms with Crippen LogP contribution in [-0.4, -0.2) is 49.4 Å². The van der Waals surface area contributed by atoms with Crippen molar-refractivity contribution < 1.29 is 33.5 Å². The monoisotopic (exact) mass is 545 g/mol. The van der Waals surface area contributed by atoms with E-state index in [0.29, 0.717) is 11.3 Å². The van der Waals surface area contributed by atoms with Crippen molar-refractivity contribution in [3.8, 4) is 11.5 Å². The fraction of sp³-hybridized carbons (Fsp3) is 0.250. The maximum atomic E-state index is 12.5. The molecule has 0 radical (unpaired) electrons. The number of nitrogens with zero attached hydrogens (tertiary/aromatic N) is 2. The van der Waals surface area contributed by atoms with Crippen LogP contribution in [0.1, 0.15) is 31.0 Å². The molecule has 0 spiro atoms. The van der Waals surface area contributed by atoms with Gasteiger partial charge in [0.05, 0.1) is 36.5 Å². The third kappa shape index (κ3) is 6.76. The van der Waals surface area contributed by atoms with E-state index in [1.807, 2.05) is 0 Å². The molecule has 0 fully saturated rings. The van der Waals surface area contributed by atoms with Gasteiger partial charge in [-0.15, -0.1) is 0 Å². The predicted octanol–water partition coefficient (Wildman–Crippen LogP) is 2.98. The normalized spacial score (nSPS) is 14.9. The number of methoxy groups -OCH3 is 1. The first-order chi connectivity index (χ1) is 18.1. The van der Waals surface area contributed by atoms with Crippen molar-refractivity contribution >= 4 is 41.4 Å². The highest BCUT2D eigenvalue weighted by Gasteiger charge is 2.32. The number of carbonyl (C=O) groups is 3. The second kappa shape index (κ2) is 12.5. The first-order valence-electron chi connectivity index (χ1n) is 11.2. The van der Waals surface area contributed by atoms with E-state index in [1.165, 1.54) is 37.6 Å². The molecule has 1 atom stereocenters. The molecule has 3 rings (SSSR count). The third-order valence-corrected chi connectivity index (χ3v) is 5.57. The molecule has 13 nitrogen and oxygen atoms in total. The summed E-state index contributed by atoms with van der Waals surface area (Å²) in [5.74, 6) is -0.736. The Labute approximate surface area is 221 Å². The zero-order chi connectivity index (χ0) is 27.8. The number of nitro groups is 1. The average Bonchev–Trinajstić information content (AvgIpc) is 2.87. The second-order valence-corrected chi connectivity index (χ2v) is 8.15. The van der Waals surface area contributed by atoms with Crippen molar-refractivity contribution in [2.24, 2.45) is 5.10 Å². The molecule has 0 unspecified atom stereocenters. The molecular weight excluding hydrogens is 522 g/mol. The third-order valence-electron chi connectivity index (χ3n) is 5.23. The maximum absolute atomic E-state index is 12.5. The number of allylic oxidation sites excluding steroid dienone is 1. The van der Waals surface area contributed by atoms with Crippen LogP contribution >= 0.6 is 11.6 Å². The number of amides is 3. The highest BCUT2D eigenvalue weighted by Crippen LogP contribution is 2.34. The fourth-order valence-electron chi connectivity index (χ4n) is 3.50. The summed E-state index contributed by atoms with van der Waals surface area (Å²) < 4.78 is 16.0. The number of hydrazone groups is 1. The summed E-state index contributed by atoms with van der Waals surface area (Å²) >= 11 is 6.00. The van der Waals surface area contributed by atoms with E-state index in [9.17, 15) is 24.5 Å². The summed E-state index contributed by atoms with van der Waals surface area (Å²) in [5, 5.41) is 20.1. The van der Waals surface area contributed by atoms with Crippen LogP contribution in [0.4, 0.5) is 10.5 Å². The molecule has 3 N–H and O–H groups in total. The Morgan fingerprint density at radius 3 is 2.68 bits per heavy atom. The van der Waals surface area contributed by atoms with Gasteiger partial charge in [-0.2, -0.15) is 5.10 Å². The van der Waals surface area contributed by atoms with E-state index in [2.05, 4.69) is 21.2 Å². The van der Waals surface area contributed by atoms with Gasteiger partial charge in [-0.05, 0) is 37.6 Å². The van der Waals surface area contributed by atoms with Crippen LogP contribution in [0.2, 0.25) is 5.02 Å². The molecule has 0 aromatic heterocycles. The molecule has 1 heterocycles. The van der Waals surface area contributed by atoms with E-state index >= 15 is 0 Å². The SMILES string of the molecule is CCOC(=O)C1=C(C)NC(=O)N[C@@H]1c1ccc(OCC(=O)N/N=C\c2cc([N+](=O)[O-])ccc2Cl)c(OC)c1. The lowest BCUT2D eigenvalue weighted by molar-refractivity contribution is -0.384. The van der Waals surface area contributed by atoms with Crippen molar-refractivity contribution in [1.29, 1.82) is 0 Å². The summed E-state index contributed by atoms with van der Waals surface area (Å²) in [6, 6.07) is 7.24. The summed E-state index contributed by atoms with van der Waals surface area (Å²) in [6.07, 6.45) is 1.17. The number of benzene rings is 2. The minimum atomic E-state index is -0.802. The molecule has 2 aromatic rings. The molecule has 14 heteroatoms. The van der Waals surface area contributed by atoms with Gasteiger partial charge in [0.1, 0.15) is 0 Å². The Morgan fingerprint density at radius 1 is 1.24 bits per heavy atom. The predicted molar refractivity (Wildman–Crippen MR) is 136 cm³/mol. The van der Waals surface area contributed by atoms with E-state index < -0.39 is 35.5 Å². The minimum Gasteiger partial charge on any atom is -0.493 e. The second-order valence-electron chi connectivity index (χ2n) is 7.75. The van der Waals surface area contributed by atoms with Gasteiger partial charge < -0.3 is 24.8 Å². The van der Waals surface area contributed by atoms with Crippen LogP contribution in [0.15, 0.2) is 52.8 Å². The van der Waals surface area contributed by atoms with Gasteiger partial charge in [-0.3, -0.25) is 14.9 Å². The zero-order valence-electron chi connectivity index (χ0n) is 20.6. The smallest absolute Gasteiger partial charge is 0.338 e. The Hall–Kier alpha value is -4.65. The number of carbonyl (C=O) groups excluding carboxylic acids is 3. The number of rotatable bonds is 10. The summed E-state index contributed by atoms with van der Waals surface area (Å²) in [7, 11) is 1.40. The molecule has 0 aliphatic carbocycles. The average molecular weight is 546 g/mol. The Morgan fingerprint density at radius 2 is 2.00 bits per heavy atom. The molecule has 3 amide bonds. The molecule has 1 aliphatic rings. The van der Waals surface area contributed by atoms with Gasteiger partial charge in [0.2, 0.25) is 0 Å². The standard InChI is InChI=1S/C24H24ClN5O8/c1-4-37-23(32)21-13(2)27-24(33)28-22(21)14-5-8-18(19(10-14)36-3)38-12-20(31)29-26-11-15-9-16(30(34)35)6-7-17(15)25/h5-11,22H,4,12H2,1-3H3,(H,29,31)(H2,27,28,33)/b26-11-/t22-/m1/s1. The number of nitro benzene ring substituents is 1. The lowest BCUT2D eigenvalue weighted by Gasteiger charge is -2.28. The van der Waals surface area contributed by atoms with Crippen molar-refractivity contribution in [3.63, 3.8) is 0 Å². The largest absolute Gasteiger partial charge is 0.493 e. The number of hydrogen-bond donors (Lipinski definition) is 3. The van der Waals surface area contributed by atoms with Gasteiger partial charge in [-0.1, -0.05) is 17.7 Å². The Balaban J connectivity index is 1.69. The highest BCUT2D eigenvalue weighted by molar-refractivity contribution is 6.33. The fourth-order valence-corrected chi connectivity index (χ4v) is 3.67. The number of urea groups is 1. The molecule has 0 saturated carbocycles. The van der Waals surface area contributed by atoms with E-state index in [4.69, 9.17) is 25.8 Å². The van der Waals surface area contributed by atoms with Gasteiger partial charge in [0.15, 0.2) is 18.1 Å². The number of halogens is 1.